The third-order valence-corrected chi connectivity index (χ3v) is 4.30. The lowest BCUT2D eigenvalue weighted by Crippen LogP contribution is -1.98. The second kappa shape index (κ2) is 6.55. The van der Waals surface area contributed by atoms with Crippen molar-refractivity contribution in [1.29, 1.82) is 0 Å². The minimum atomic E-state index is -0.0359. The predicted octanol–water partition coefficient (Wildman–Crippen LogP) is 5.02. The molecule has 0 atom stereocenters. The van der Waals surface area contributed by atoms with Crippen LogP contribution in [0.15, 0.2) is 54.7 Å². The van der Waals surface area contributed by atoms with Crippen LogP contribution in [0.2, 0.25) is 0 Å². The number of ether oxygens (including phenoxy) is 2. The van der Waals surface area contributed by atoms with Crippen LogP contribution in [0.3, 0.4) is 0 Å². The van der Waals surface area contributed by atoms with E-state index in [-0.39, 0.29) is 5.78 Å². The van der Waals surface area contributed by atoms with Crippen LogP contribution in [0.4, 0.5) is 0 Å². The molecule has 1 saturated carbocycles. The lowest BCUT2D eigenvalue weighted by molar-refractivity contribution is 0.101. The minimum absolute atomic E-state index is 0.0359. The van der Waals surface area contributed by atoms with E-state index in [2.05, 4.69) is 4.98 Å². The van der Waals surface area contributed by atoms with Gasteiger partial charge in [-0.2, -0.15) is 0 Å². The molecule has 4 heteroatoms. The van der Waals surface area contributed by atoms with E-state index in [1.54, 1.807) is 12.3 Å². The molecule has 0 bridgehead atoms. The first kappa shape index (κ1) is 15.6. The molecule has 1 aliphatic carbocycles. The van der Waals surface area contributed by atoms with E-state index in [0.717, 1.165) is 40.5 Å². The molecule has 1 aromatic heterocycles. The van der Waals surface area contributed by atoms with Gasteiger partial charge in [0.2, 0.25) is 0 Å². The van der Waals surface area contributed by atoms with Crippen LogP contribution in [0.1, 0.15) is 30.3 Å². The molecule has 25 heavy (non-hydrogen) atoms. The van der Waals surface area contributed by atoms with Gasteiger partial charge < -0.3 is 9.47 Å². The van der Waals surface area contributed by atoms with E-state index in [4.69, 9.17) is 9.47 Å². The summed E-state index contributed by atoms with van der Waals surface area (Å²) in [7, 11) is 0. The van der Waals surface area contributed by atoms with Crippen LogP contribution < -0.4 is 9.47 Å². The van der Waals surface area contributed by atoms with Gasteiger partial charge in [0.25, 0.3) is 0 Å². The molecule has 0 N–H and O–H groups in total. The van der Waals surface area contributed by atoms with Gasteiger partial charge in [-0.3, -0.25) is 9.78 Å². The number of pyridine rings is 1. The fourth-order valence-corrected chi connectivity index (χ4v) is 2.61. The summed E-state index contributed by atoms with van der Waals surface area (Å²) in [6.45, 7) is 2.32. The van der Waals surface area contributed by atoms with Crippen molar-refractivity contribution in [1.82, 2.24) is 4.98 Å². The Morgan fingerprint density at radius 1 is 1.00 bits per heavy atom. The maximum Gasteiger partial charge on any atom is 0.178 e. The number of hydrogen-bond donors (Lipinski definition) is 0. The number of ketones is 1. The Morgan fingerprint density at radius 3 is 2.44 bits per heavy atom. The first-order chi connectivity index (χ1) is 12.2. The smallest absolute Gasteiger partial charge is 0.178 e. The van der Waals surface area contributed by atoms with Gasteiger partial charge in [-0.05, 0) is 66.6 Å². The Balaban J connectivity index is 1.47. The monoisotopic (exact) mass is 333 g/mol. The van der Waals surface area contributed by atoms with Gasteiger partial charge in [-0.1, -0.05) is 6.07 Å². The summed E-state index contributed by atoms with van der Waals surface area (Å²) in [5.74, 6) is 3.07. The standard InChI is InChI=1S/C21H19NO3/c1-14(23)21-11-16-4-5-20(10-17(16)12-22-21)25-19-8-6-18(7-9-19)24-13-15-2-3-15/h4-12,15H,2-3,13H2,1H3. The van der Waals surface area contributed by atoms with Crippen molar-refractivity contribution in [2.75, 3.05) is 6.61 Å². The molecule has 4 nitrogen and oxygen atoms in total. The Kier molecular flexibility index (Phi) is 4.10. The van der Waals surface area contributed by atoms with Crippen LogP contribution in [0.5, 0.6) is 17.2 Å². The van der Waals surface area contributed by atoms with Crippen molar-refractivity contribution in [2.45, 2.75) is 19.8 Å². The Hall–Kier alpha value is -2.88. The van der Waals surface area contributed by atoms with E-state index in [1.807, 2.05) is 42.5 Å². The van der Waals surface area contributed by atoms with Gasteiger partial charge in [0.1, 0.15) is 22.9 Å². The number of rotatable bonds is 6. The molecule has 4 rings (SSSR count). The van der Waals surface area contributed by atoms with Crippen molar-refractivity contribution in [3.63, 3.8) is 0 Å². The van der Waals surface area contributed by atoms with Gasteiger partial charge >= 0.3 is 0 Å². The number of hydrogen-bond acceptors (Lipinski definition) is 4. The summed E-state index contributed by atoms with van der Waals surface area (Å²) in [6.07, 6.45) is 4.27. The van der Waals surface area contributed by atoms with Gasteiger partial charge in [0, 0.05) is 18.5 Å². The highest BCUT2D eigenvalue weighted by Gasteiger charge is 2.21. The molecule has 3 aromatic rings. The number of nitrogens with zero attached hydrogens (tertiary/aromatic N) is 1. The van der Waals surface area contributed by atoms with Gasteiger partial charge in [-0.25, -0.2) is 0 Å². The topological polar surface area (TPSA) is 48.4 Å². The molecular formula is C21H19NO3. The van der Waals surface area contributed by atoms with Gasteiger partial charge in [0.15, 0.2) is 5.78 Å². The molecule has 2 aromatic carbocycles. The molecular weight excluding hydrogens is 314 g/mol. The Bertz CT molecular complexity index is 914. The van der Waals surface area contributed by atoms with Gasteiger partial charge in [-0.15, -0.1) is 0 Å². The lowest BCUT2D eigenvalue weighted by Gasteiger charge is -2.09. The maximum absolute atomic E-state index is 11.4. The van der Waals surface area contributed by atoms with E-state index in [1.165, 1.54) is 19.8 Å². The fraction of sp³-hybridized carbons (Fsp3) is 0.238. The molecule has 0 radical (unpaired) electrons. The van der Waals surface area contributed by atoms with Crippen LogP contribution in [0.25, 0.3) is 10.8 Å². The molecule has 126 valence electrons. The second-order valence-electron chi connectivity index (χ2n) is 6.46. The van der Waals surface area contributed by atoms with Crippen molar-refractivity contribution >= 4 is 16.6 Å². The molecule has 0 spiro atoms. The van der Waals surface area contributed by atoms with Crippen molar-refractivity contribution in [2.24, 2.45) is 5.92 Å². The lowest BCUT2D eigenvalue weighted by atomic mass is 10.1. The van der Waals surface area contributed by atoms with E-state index >= 15 is 0 Å². The second-order valence-corrected chi connectivity index (χ2v) is 6.46. The highest BCUT2D eigenvalue weighted by Crippen LogP contribution is 2.31. The molecule has 1 aliphatic rings. The number of Topliss-reactive ketones (excluding diaryl/α,β-unsaturated/α-hetero) is 1. The van der Waals surface area contributed by atoms with Gasteiger partial charge in [0.05, 0.1) is 6.61 Å². The number of carbonyl (C=O) groups is 1. The van der Waals surface area contributed by atoms with E-state index in [0.29, 0.717) is 5.69 Å². The highest BCUT2D eigenvalue weighted by atomic mass is 16.5. The van der Waals surface area contributed by atoms with Crippen molar-refractivity contribution in [3.8, 4) is 17.2 Å². The first-order valence-electron chi connectivity index (χ1n) is 8.49. The summed E-state index contributed by atoms with van der Waals surface area (Å²) < 4.78 is 11.6. The molecule has 1 fully saturated rings. The summed E-state index contributed by atoms with van der Waals surface area (Å²) >= 11 is 0. The first-order valence-corrected chi connectivity index (χ1v) is 8.49. The number of aromatic nitrogens is 1. The van der Waals surface area contributed by atoms with Crippen molar-refractivity contribution in [3.05, 3.63) is 60.4 Å². The third kappa shape index (κ3) is 3.79. The largest absolute Gasteiger partial charge is 0.493 e. The van der Waals surface area contributed by atoms with Crippen LogP contribution in [0, 0.1) is 5.92 Å². The average Bonchev–Trinajstić information content (AvgIpc) is 3.45. The third-order valence-electron chi connectivity index (χ3n) is 4.30. The zero-order valence-corrected chi connectivity index (χ0v) is 14.1. The fourth-order valence-electron chi connectivity index (χ4n) is 2.61. The Morgan fingerprint density at radius 2 is 1.72 bits per heavy atom. The number of fused-ring (bicyclic) bond motifs is 1. The van der Waals surface area contributed by atoms with Crippen LogP contribution >= 0.6 is 0 Å². The number of carbonyl (C=O) groups excluding carboxylic acids is 1. The SMILES string of the molecule is CC(=O)c1cc2ccc(Oc3ccc(OCC4CC4)cc3)cc2cn1. The summed E-state index contributed by atoms with van der Waals surface area (Å²) in [6, 6.07) is 15.2. The summed E-state index contributed by atoms with van der Waals surface area (Å²) in [5, 5.41) is 1.91. The maximum atomic E-state index is 11.4. The van der Waals surface area contributed by atoms with E-state index in [9.17, 15) is 4.79 Å². The molecule has 0 unspecified atom stereocenters. The Labute approximate surface area is 146 Å². The normalized spacial score (nSPS) is 13.6. The summed E-state index contributed by atoms with van der Waals surface area (Å²) in [4.78, 5) is 15.6. The minimum Gasteiger partial charge on any atom is -0.493 e. The van der Waals surface area contributed by atoms with E-state index < -0.39 is 0 Å². The van der Waals surface area contributed by atoms with Crippen LogP contribution in [-0.2, 0) is 0 Å². The highest BCUT2D eigenvalue weighted by molar-refractivity contribution is 5.96. The predicted molar refractivity (Wildman–Crippen MR) is 96.5 cm³/mol. The molecule has 0 amide bonds. The zero-order valence-electron chi connectivity index (χ0n) is 14.1. The van der Waals surface area contributed by atoms with Crippen molar-refractivity contribution < 1.29 is 14.3 Å². The molecule has 1 heterocycles. The van der Waals surface area contributed by atoms with Crippen LogP contribution in [-0.4, -0.2) is 17.4 Å². The molecule has 0 saturated heterocycles. The number of benzene rings is 2. The zero-order chi connectivity index (χ0) is 17.2. The molecule has 0 aliphatic heterocycles. The quantitative estimate of drug-likeness (QED) is 0.594. The summed E-state index contributed by atoms with van der Waals surface area (Å²) in [5.41, 5.74) is 0.475. The average molecular weight is 333 g/mol.